The van der Waals surface area contributed by atoms with E-state index in [4.69, 9.17) is 20.9 Å². The van der Waals surface area contributed by atoms with E-state index in [0.717, 1.165) is 6.42 Å². The number of rotatable bonds is 8. The summed E-state index contributed by atoms with van der Waals surface area (Å²) in [5, 5.41) is 2.66. The Balaban J connectivity index is 2.49. The summed E-state index contributed by atoms with van der Waals surface area (Å²) in [5.41, 5.74) is 11.3. The topological polar surface area (TPSA) is 117 Å². The average Bonchev–Trinajstić information content (AvgIpc) is 2.42. The molecule has 1 aromatic rings. The number of nitrogens with one attached hydrogen (secondary N) is 1. The normalized spacial score (nSPS) is 10.1. The second kappa shape index (κ2) is 8.00. The van der Waals surface area contributed by atoms with Gasteiger partial charge in [-0.25, -0.2) is 0 Å². The monoisotopic (exact) mass is 281 g/mol. The molecule has 0 bridgehead atoms. The maximum Gasteiger partial charge on any atom is 0.257 e. The quantitative estimate of drug-likeness (QED) is 0.454. The molecule has 7 heteroatoms. The molecule has 0 saturated carbocycles. The van der Waals surface area contributed by atoms with Crippen LogP contribution in [0.25, 0.3) is 0 Å². The molecule has 0 saturated heterocycles. The fourth-order valence-electron chi connectivity index (χ4n) is 1.50. The third-order valence-corrected chi connectivity index (χ3v) is 2.48. The zero-order valence-electron chi connectivity index (χ0n) is 11.3. The molecule has 0 aliphatic heterocycles. The Bertz CT molecular complexity index is 477. The second-order valence-corrected chi connectivity index (χ2v) is 4.10. The van der Waals surface area contributed by atoms with E-state index in [2.05, 4.69) is 5.32 Å². The van der Waals surface area contributed by atoms with Gasteiger partial charge in [0, 0.05) is 25.9 Å². The first-order valence-corrected chi connectivity index (χ1v) is 6.12. The summed E-state index contributed by atoms with van der Waals surface area (Å²) in [5.74, 6) is -0.708. The van der Waals surface area contributed by atoms with Crippen LogP contribution in [-0.4, -0.2) is 38.7 Å². The molecule has 1 rings (SSSR count). The van der Waals surface area contributed by atoms with E-state index in [1.807, 2.05) is 0 Å². The van der Waals surface area contributed by atoms with Crippen LogP contribution in [0.5, 0.6) is 5.75 Å². The summed E-state index contributed by atoms with van der Waals surface area (Å²) >= 11 is 0. The number of nitrogens with two attached hydrogens (primary N) is 2. The largest absolute Gasteiger partial charge is 0.483 e. The fourth-order valence-corrected chi connectivity index (χ4v) is 1.50. The summed E-state index contributed by atoms with van der Waals surface area (Å²) in [6, 6.07) is 4.49. The van der Waals surface area contributed by atoms with E-state index < -0.39 is 5.91 Å². The van der Waals surface area contributed by atoms with E-state index in [-0.39, 0.29) is 23.8 Å². The van der Waals surface area contributed by atoms with Gasteiger partial charge in [0.15, 0.2) is 6.61 Å². The van der Waals surface area contributed by atoms with Gasteiger partial charge in [0.25, 0.3) is 11.8 Å². The molecule has 0 heterocycles. The Kier molecular flexibility index (Phi) is 6.31. The SMILES string of the molecule is COCCCNC(=O)COc1ccc(N)cc1C(N)=O. The van der Waals surface area contributed by atoms with Crippen LogP contribution >= 0.6 is 0 Å². The molecule has 0 aliphatic carbocycles. The summed E-state index contributed by atoms with van der Waals surface area (Å²) in [6.07, 6.45) is 0.719. The van der Waals surface area contributed by atoms with Gasteiger partial charge in [-0.15, -0.1) is 0 Å². The lowest BCUT2D eigenvalue weighted by atomic mass is 10.1. The maximum absolute atomic E-state index is 11.5. The zero-order valence-corrected chi connectivity index (χ0v) is 11.3. The van der Waals surface area contributed by atoms with E-state index in [9.17, 15) is 9.59 Å². The third kappa shape index (κ3) is 5.15. The number of methoxy groups -OCH3 is 1. The zero-order chi connectivity index (χ0) is 15.0. The molecule has 20 heavy (non-hydrogen) atoms. The number of carbonyl (C=O) groups is 2. The highest BCUT2D eigenvalue weighted by atomic mass is 16.5. The smallest absolute Gasteiger partial charge is 0.257 e. The molecule has 0 atom stereocenters. The predicted octanol–water partition coefficient (Wildman–Crippen LogP) is -0.101. The van der Waals surface area contributed by atoms with Crippen molar-refractivity contribution in [2.75, 3.05) is 32.6 Å². The third-order valence-electron chi connectivity index (χ3n) is 2.48. The van der Waals surface area contributed by atoms with E-state index in [0.29, 0.717) is 18.8 Å². The van der Waals surface area contributed by atoms with Crippen molar-refractivity contribution in [2.45, 2.75) is 6.42 Å². The molecule has 2 amide bonds. The van der Waals surface area contributed by atoms with Crippen molar-refractivity contribution in [3.63, 3.8) is 0 Å². The second-order valence-electron chi connectivity index (χ2n) is 4.10. The van der Waals surface area contributed by atoms with Crippen molar-refractivity contribution in [3.8, 4) is 5.75 Å². The van der Waals surface area contributed by atoms with Crippen LogP contribution in [0.15, 0.2) is 18.2 Å². The number of hydrogen-bond acceptors (Lipinski definition) is 5. The van der Waals surface area contributed by atoms with Crippen molar-refractivity contribution in [3.05, 3.63) is 23.8 Å². The molecule has 0 radical (unpaired) electrons. The summed E-state index contributed by atoms with van der Waals surface area (Å²) in [6.45, 7) is 0.878. The number of carbonyl (C=O) groups excluding carboxylic acids is 2. The van der Waals surface area contributed by atoms with E-state index in [1.54, 1.807) is 13.2 Å². The number of benzene rings is 1. The number of nitrogen functional groups attached to an aromatic ring is 1. The molecule has 0 aliphatic rings. The van der Waals surface area contributed by atoms with Crippen LogP contribution in [0.4, 0.5) is 5.69 Å². The average molecular weight is 281 g/mol. The van der Waals surface area contributed by atoms with Crippen LogP contribution in [0.1, 0.15) is 16.8 Å². The maximum atomic E-state index is 11.5. The van der Waals surface area contributed by atoms with Crippen LogP contribution in [0.2, 0.25) is 0 Å². The predicted molar refractivity (Wildman–Crippen MR) is 74.4 cm³/mol. The first-order chi connectivity index (χ1) is 9.54. The van der Waals surface area contributed by atoms with Crippen molar-refractivity contribution in [2.24, 2.45) is 5.73 Å². The van der Waals surface area contributed by atoms with Crippen molar-refractivity contribution < 1.29 is 19.1 Å². The van der Waals surface area contributed by atoms with Gasteiger partial charge in [-0.2, -0.15) is 0 Å². The van der Waals surface area contributed by atoms with Gasteiger partial charge in [0.1, 0.15) is 5.75 Å². The summed E-state index contributed by atoms with van der Waals surface area (Å²) in [4.78, 5) is 22.7. The van der Waals surface area contributed by atoms with Crippen LogP contribution < -0.4 is 21.5 Å². The van der Waals surface area contributed by atoms with Crippen molar-refractivity contribution in [1.29, 1.82) is 0 Å². The minimum absolute atomic E-state index is 0.150. The van der Waals surface area contributed by atoms with Crippen molar-refractivity contribution >= 4 is 17.5 Å². The van der Waals surface area contributed by atoms with Gasteiger partial charge in [0.2, 0.25) is 0 Å². The highest BCUT2D eigenvalue weighted by molar-refractivity contribution is 5.96. The molecule has 0 fully saturated rings. The van der Waals surface area contributed by atoms with E-state index >= 15 is 0 Å². The molecule has 7 nitrogen and oxygen atoms in total. The fraction of sp³-hybridized carbons (Fsp3) is 0.385. The number of amides is 2. The van der Waals surface area contributed by atoms with Gasteiger partial charge < -0.3 is 26.3 Å². The highest BCUT2D eigenvalue weighted by Gasteiger charge is 2.11. The Morgan fingerprint density at radius 3 is 2.75 bits per heavy atom. The number of primary amides is 1. The molecule has 0 aromatic heterocycles. The lowest BCUT2D eigenvalue weighted by molar-refractivity contribution is -0.123. The van der Waals surface area contributed by atoms with Gasteiger partial charge in [-0.05, 0) is 24.6 Å². The van der Waals surface area contributed by atoms with Gasteiger partial charge in [0.05, 0.1) is 5.56 Å². The Hall–Kier alpha value is -2.28. The van der Waals surface area contributed by atoms with E-state index in [1.165, 1.54) is 12.1 Å². The molecule has 5 N–H and O–H groups in total. The van der Waals surface area contributed by atoms with Gasteiger partial charge in [-0.1, -0.05) is 0 Å². The minimum Gasteiger partial charge on any atom is -0.483 e. The molecule has 0 spiro atoms. The van der Waals surface area contributed by atoms with Crippen molar-refractivity contribution in [1.82, 2.24) is 5.32 Å². The van der Waals surface area contributed by atoms with Gasteiger partial charge >= 0.3 is 0 Å². The molecule has 0 unspecified atom stereocenters. The lowest BCUT2D eigenvalue weighted by Crippen LogP contribution is -2.30. The minimum atomic E-state index is -0.659. The van der Waals surface area contributed by atoms with Crippen LogP contribution in [0, 0.1) is 0 Å². The number of ether oxygens (including phenoxy) is 2. The lowest BCUT2D eigenvalue weighted by Gasteiger charge is -2.10. The first kappa shape index (κ1) is 15.8. The Morgan fingerprint density at radius 1 is 1.35 bits per heavy atom. The summed E-state index contributed by atoms with van der Waals surface area (Å²) < 4.78 is 10.1. The highest BCUT2D eigenvalue weighted by Crippen LogP contribution is 2.20. The first-order valence-electron chi connectivity index (χ1n) is 6.12. The molecule has 110 valence electrons. The Labute approximate surface area is 117 Å². The molecular weight excluding hydrogens is 262 g/mol. The standard InChI is InChI=1S/C13H19N3O4/c1-19-6-2-5-16-12(17)8-20-11-4-3-9(14)7-10(11)13(15)18/h3-4,7H,2,5-6,8,14H2,1H3,(H2,15,18)(H,16,17). The Morgan fingerprint density at radius 2 is 2.10 bits per heavy atom. The number of anilines is 1. The van der Waals surface area contributed by atoms with Gasteiger partial charge in [-0.3, -0.25) is 9.59 Å². The number of hydrogen-bond donors (Lipinski definition) is 3. The van der Waals surface area contributed by atoms with Crippen LogP contribution in [0.3, 0.4) is 0 Å². The summed E-state index contributed by atoms with van der Waals surface area (Å²) in [7, 11) is 1.59. The molecule has 1 aromatic carbocycles. The van der Waals surface area contributed by atoms with Crippen LogP contribution in [-0.2, 0) is 9.53 Å². The molecular formula is C13H19N3O4.